The molecule has 2 aromatic rings. The Kier molecular flexibility index (Phi) is 2.94. The second kappa shape index (κ2) is 4.62. The van der Waals surface area contributed by atoms with E-state index in [1.165, 1.54) is 24.4 Å². The first-order valence-corrected chi connectivity index (χ1v) is 6.85. The molecule has 1 saturated carbocycles. The number of carboxylic acid groups (broad SMARTS) is 1. The first-order valence-electron chi connectivity index (χ1n) is 6.08. The molecule has 0 radical (unpaired) electrons. The van der Waals surface area contributed by atoms with Crippen molar-refractivity contribution < 1.29 is 9.90 Å². The number of benzene rings is 1. The molecule has 5 nitrogen and oxygen atoms in total. The number of aromatic nitrogens is 2. The normalized spacial score (nSPS) is 14.4. The van der Waals surface area contributed by atoms with Gasteiger partial charge in [-0.15, -0.1) is 0 Å². The van der Waals surface area contributed by atoms with E-state index in [9.17, 15) is 4.79 Å². The number of carbonyl (C=O) groups is 1. The number of anilines is 2. The molecule has 0 bridgehead atoms. The minimum absolute atomic E-state index is 0.303. The van der Waals surface area contributed by atoms with Crippen molar-refractivity contribution in [3.05, 3.63) is 35.2 Å². The van der Waals surface area contributed by atoms with Crippen LogP contribution in [0.3, 0.4) is 0 Å². The quantitative estimate of drug-likeness (QED) is 0.896. The van der Waals surface area contributed by atoms with Crippen LogP contribution in [-0.4, -0.2) is 20.4 Å². The second-order valence-corrected chi connectivity index (χ2v) is 5.44. The molecule has 0 aliphatic heterocycles. The molecule has 0 unspecified atom stereocenters. The number of nitrogens with one attached hydrogen (secondary N) is 1. The van der Waals surface area contributed by atoms with Crippen molar-refractivity contribution in [2.45, 2.75) is 25.7 Å². The molecule has 19 heavy (non-hydrogen) atoms. The molecule has 1 aromatic carbocycles. The lowest BCUT2D eigenvalue weighted by molar-refractivity contribution is 0.0696. The number of hydrogen-bond acceptors (Lipinski definition) is 5. The summed E-state index contributed by atoms with van der Waals surface area (Å²) >= 11 is 1.31. The van der Waals surface area contributed by atoms with Crippen LogP contribution in [0.4, 0.5) is 10.8 Å². The number of carboxylic acids is 1. The van der Waals surface area contributed by atoms with Gasteiger partial charge >= 0.3 is 5.97 Å². The van der Waals surface area contributed by atoms with Gasteiger partial charge in [-0.1, -0.05) is 6.07 Å². The Hall–Kier alpha value is -1.95. The molecule has 0 saturated heterocycles. The standard InChI is InChI=1S/C13H13N3O2S/c1-7-2-5-9(6-10(7)12(17)18)14-13-15-11(16-19-13)8-3-4-8/h2,5-6,8H,3-4H2,1H3,(H,17,18)(H,14,15,16). The lowest BCUT2D eigenvalue weighted by Gasteiger charge is -2.05. The molecular formula is C13H13N3O2S. The molecule has 0 amide bonds. The van der Waals surface area contributed by atoms with E-state index in [-0.39, 0.29) is 0 Å². The predicted molar refractivity (Wildman–Crippen MR) is 73.3 cm³/mol. The van der Waals surface area contributed by atoms with Gasteiger partial charge in [0.1, 0.15) is 5.82 Å². The zero-order chi connectivity index (χ0) is 13.4. The van der Waals surface area contributed by atoms with Crippen LogP contribution in [0.2, 0.25) is 0 Å². The summed E-state index contributed by atoms with van der Waals surface area (Å²) in [5, 5.41) is 12.9. The van der Waals surface area contributed by atoms with Gasteiger partial charge in [0.15, 0.2) is 0 Å². The highest BCUT2D eigenvalue weighted by molar-refractivity contribution is 7.09. The maximum absolute atomic E-state index is 11.1. The van der Waals surface area contributed by atoms with E-state index in [4.69, 9.17) is 5.11 Å². The molecule has 1 fully saturated rings. The fraction of sp³-hybridized carbons (Fsp3) is 0.308. The Morgan fingerprint density at radius 2 is 2.26 bits per heavy atom. The van der Waals surface area contributed by atoms with E-state index >= 15 is 0 Å². The van der Waals surface area contributed by atoms with Gasteiger partial charge in [0.25, 0.3) is 0 Å². The third kappa shape index (κ3) is 2.58. The largest absolute Gasteiger partial charge is 0.478 e. The predicted octanol–water partition coefficient (Wildman–Crippen LogP) is 3.17. The third-order valence-electron chi connectivity index (χ3n) is 3.10. The minimum Gasteiger partial charge on any atom is -0.478 e. The van der Waals surface area contributed by atoms with Crippen LogP contribution < -0.4 is 5.32 Å². The summed E-state index contributed by atoms with van der Waals surface area (Å²) in [4.78, 5) is 15.5. The molecule has 1 heterocycles. The van der Waals surface area contributed by atoms with Crippen LogP contribution in [0.5, 0.6) is 0 Å². The molecule has 1 aromatic heterocycles. The average Bonchev–Trinajstić information content (AvgIpc) is 3.12. The Balaban J connectivity index is 1.81. The molecule has 3 rings (SSSR count). The SMILES string of the molecule is Cc1ccc(Nc2nc(C3CC3)ns2)cc1C(=O)O. The zero-order valence-electron chi connectivity index (χ0n) is 10.4. The second-order valence-electron chi connectivity index (χ2n) is 4.69. The maximum atomic E-state index is 11.1. The van der Waals surface area contributed by atoms with E-state index in [1.54, 1.807) is 19.1 Å². The Morgan fingerprint density at radius 3 is 2.95 bits per heavy atom. The molecule has 98 valence electrons. The number of nitrogens with zero attached hydrogens (tertiary/aromatic N) is 2. The van der Waals surface area contributed by atoms with E-state index in [1.807, 2.05) is 6.07 Å². The monoisotopic (exact) mass is 275 g/mol. The minimum atomic E-state index is -0.919. The van der Waals surface area contributed by atoms with Gasteiger partial charge in [-0.05, 0) is 37.5 Å². The average molecular weight is 275 g/mol. The summed E-state index contributed by atoms with van der Waals surface area (Å²) in [6.07, 6.45) is 2.34. The van der Waals surface area contributed by atoms with Crippen LogP contribution in [-0.2, 0) is 0 Å². The summed E-state index contributed by atoms with van der Waals surface area (Å²) < 4.78 is 4.30. The molecule has 1 aliphatic carbocycles. The van der Waals surface area contributed by atoms with Crippen LogP contribution in [0.25, 0.3) is 0 Å². The van der Waals surface area contributed by atoms with Gasteiger partial charge in [0.2, 0.25) is 5.13 Å². The topological polar surface area (TPSA) is 75.1 Å². The molecular weight excluding hydrogens is 262 g/mol. The van der Waals surface area contributed by atoms with Crippen molar-refractivity contribution in [3.63, 3.8) is 0 Å². The lowest BCUT2D eigenvalue weighted by atomic mass is 10.1. The zero-order valence-corrected chi connectivity index (χ0v) is 11.2. The van der Waals surface area contributed by atoms with Crippen LogP contribution in [0.1, 0.15) is 40.5 Å². The Labute approximate surface area is 114 Å². The van der Waals surface area contributed by atoms with Gasteiger partial charge in [0.05, 0.1) is 5.56 Å². The van der Waals surface area contributed by atoms with Gasteiger partial charge in [-0.2, -0.15) is 4.37 Å². The molecule has 1 aliphatic rings. The fourth-order valence-corrected chi connectivity index (χ4v) is 2.51. The van der Waals surface area contributed by atoms with E-state index < -0.39 is 5.97 Å². The van der Waals surface area contributed by atoms with E-state index in [0.29, 0.717) is 16.6 Å². The fourth-order valence-electron chi connectivity index (χ4n) is 1.85. The number of hydrogen-bond donors (Lipinski definition) is 2. The molecule has 6 heteroatoms. The van der Waals surface area contributed by atoms with Crippen molar-refractivity contribution >= 4 is 28.3 Å². The van der Waals surface area contributed by atoms with Gasteiger partial charge in [-0.3, -0.25) is 0 Å². The number of aryl methyl sites for hydroxylation is 1. The molecule has 0 spiro atoms. The molecule has 2 N–H and O–H groups in total. The van der Waals surface area contributed by atoms with Crippen LogP contribution >= 0.6 is 11.5 Å². The van der Waals surface area contributed by atoms with Crippen molar-refractivity contribution in [3.8, 4) is 0 Å². The van der Waals surface area contributed by atoms with Crippen molar-refractivity contribution in [2.75, 3.05) is 5.32 Å². The summed E-state index contributed by atoms with van der Waals surface area (Å²) in [6.45, 7) is 1.78. The van der Waals surface area contributed by atoms with Gasteiger partial charge in [-0.25, -0.2) is 9.78 Å². The summed E-state index contributed by atoms with van der Waals surface area (Å²) in [7, 11) is 0. The summed E-state index contributed by atoms with van der Waals surface area (Å²) in [5.41, 5.74) is 1.77. The highest BCUT2D eigenvalue weighted by atomic mass is 32.1. The van der Waals surface area contributed by atoms with Crippen molar-refractivity contribution in [1.82, 2.24) is 9.36 Å². The highest BCUT2D eigenvalue weighted by Crippen LogP contribution is 2.39. The smallest absolute Gasteiger partial charge is 0.336 e. The first kappa shape index (κ1) is 12.1. The summed E-state index contributed by atoms with van der Waals surface area (Å²) in [6, 6.07) is 5.25. The van der Waals surface area contributed by atoms with Crippen LogP contribution in [0.15, 0.2) is 18.2 Å². The van der Waals surface area contributed by atoms with E-state index in [0.717, 1.165) is 17.1 Å². The lowest BCUT2D eigenvalue weighted by Crippen LogP contribution is -2.01. The number of rotatable bonds is 4. The summed E-state index contributed by atoms with van der Waals surface area (Å²) in [5.74, 6) is 0.509. The third-order valence-corrected chi connectivity index (χ3v) is 3.75. The Morgan fingerprint density at radius 1 is 1.47 bits per heavy atom. The van der Waals surface area contributed by atoms with Crippen molar-refractivity contribution in [1.29, 1.82) is 0 Å². The van der Waals surface area contributed by atoms with Crippen LogP contribution in [0, 0.1) is 6.92 Å². The first-order chi connectivity index (χ1) is 9.13. The Bertz CT molecular complexity index is 635. The van der Waals surface area contributed by atoms with E-state index in [2.05, 4.69) is 14.7 Å². The molecule has 0 atom stereocenters. The van der Waals surface area contributed by atoms with Crippen molar-refractivity contribution in [2.24, 2.45) is 0 Å². The highest BCUT2D eigenvalue weighted by Gasteiger charge is 2.27. The maximum Gasteiger partial charge on any atom is 0.336 e. The van der Waals surface area contributed by atoms with Gasteiger partial charge < -0.3 is 10.4 Å². The number of aromatic carboxylic acids is 1. The van der Waals surface area contributed by atoms with Gasteiger partial charge in [0, 0.05) is 23.1 Å².